The third-order valence-electron chi connectivity index (χ3n) is 1.93. The van der Waals surface area contributed by atoms with Crippen LogP contribution >= 0.6 is 0 Å². The lowest BCUT2D eigenvalue weighted by Gasteiger charge is -1.98. The zero-order valence-electron chi connectivity index (χ0n) is 6.87. The normalized spacial score (nSPS) is 10.8. The van der Waals surface area contributed by atoms with Gasteiger partial charge in [0, 0.05) is 16.6 Å². The second-order valence-corrected chi connectivity index (χ2v) is 2.78. The molecule has 0 aliphatic carbocycles. The molecule has 0 fully saturated rings. The van der Waals surface area contributed by atoms with Crippen LogP contribution in [0.1, 0.15) is 12.5 Å². The molecule has 62 valence electrons. The second-order valence-electron chi connectivity index (χ2n) is 2.78. The Kier molecular flexibility index (Phi) is 1.50. The van der Waals surface area contributed by atoms with E-state index in [-0.39, 0.29) is 0 Å². The van der Waals surface area contributed by atoms with E-state index < -0.39 is 0 Å². The standard InChI is InChI=1S/C9H10N2O/c1-2-6-3-8(10)4-7-5-11-12-9(6)7/h3-5H,2,10H2,1H3. The van der Waals surface area contributed by atoms with Gasteiger partial charge in [-0.1, -0.05) is 12.1 Å². The van der Waals surface area contributed by atoms with Gasteiger partial charge in [0.2, 0.25) is 0 Å². The van der Waals surface area contributed by atoms with Crippen molar-refractivity contribution < 1.29 is 4.52 Å². The van der Waals surface area contributed by atoms with Crippen LogP contribution in [-0.4, -0.2) is 5.16 Å². The lowest BCUT2D eigenvalue weighted by atomic mass is 10.1. The molecule has 0 saturated carbocycles. The first-order chi connectivity index (χ1) is 5.81. The molecule has 0 bridgehead atoms. The third-order valence-corrected chi connectivity index (χ3v) is 1.93. The van der Waals surface area contributed by atoms with Gasteiger partial charge in [-0.05, 0) is 18.6 Å². The molecule has 3 nitrogen and oxygen atoms in total. The molecular formula is C9H10N2O. The number of fused-ring (bicyclic) bond motifs is 1. The van der Waals surface area contributed by atoms with Crippen LogP contribution < -0.4 is 5.73 Å². The highest BCUT2D eigenvalue weighted by Crippen LogP contribution is 2.22. The topological polar surface area (TPSA) is 52.0 Å². The van der Waals surface area contributed by atoms with Crippen molar-refractivity contribution in [1.82, 2.24) is 5.16 Å². The summed E-state index contributed by atoms with van der Waals surface area (Å²) in [6, 6.07) is 3.79. The Hall–Kier alpha value is -1.51. The Morgan fingerprint density at radius 2 is 2.33 bits per heavy atom. The summed E-state index contributed by atoms with van der Waals surface area (Å²) in [5, 5.41) is 4.70. The van der Waals surface area contributed by atoms with E-state index in [1.54, 1.807) is 6.20 Å². The van der Waals surface area contributed by atoms with Crippen molar-refractivity contribution in [2.75, 3.05) is 5.73 Å². The summed E-state index contributed by atoms with van der Waals surface area (Å²) < 4.78 is 5.09. The molecule has 1 aromatic carbocycles. The summed E-state index contributed by atoms with van der Waals surface area (Å²) >= 11 is 0. The first-order valence-electron chi connectivity index (χ1n) is 3.94. The first-order valence-corrected chi connectivity index (χ1v) is 3.94. The Balaban J connectivity index is 2.80. The minimum Gasteiger partial charge on any atom is -0.399 e. The van der Waals surface area contributed by atoms with Crippen LogP contribution in [0.2, 0.25) is 0 Å². The number of hydrogen-bond donors (Lipinski definition) is 1. The highest BCUT2D eigenvalue weighted by molar-refractivity contribution is 5.82. The number of benzene rings is 1. The zero-order valence-corrected chi connectivity index (χ0v) is 6.87. The minimum atomic E-state index is 0.766. The van der Waals surface area contributed by atoms with Gasteiger partial charge in [0.25, 0.3) is 0 Å². The lowest BCUT2D eigenvalue weighted by molar-refractivity contribution is 0.454. The molecule has 1 heterocycles. The van der Waals surface area contributed by atoms with Gasteiger partial charge in [-0.25, -0.2) is 0 Å². The maximum Gasteiger partial charge on any atom is 0.170 e. The summed E-state index contributed by atoms with van der Waals surface area (Å²) in [5.41, 5.74) is 8.42. The molecule has 0 radical (unpaired) electrons. The van der Waals surface area contributed by atoms with Crippen LogP contribution in [-0.2, 0) is 6.42 Å². The molecule has 0 saturated heterocycles. The summed E-state index contributed by atoms with van der Waals surface area (Å²) in [6.45, 7) is 2.07. The average molecular weight is 162 g/mol. The maximum atomic E-state index is 5.69. The largest absolute Gasteiger partial charge is 0.399 e. The van der Waals surface area contributed by atoms with E-state index in [9.17, 15) is 0 Å². The number of anilines is 1. The summed E-state index contributed by atoms with van der Waals surface area (Å²) in [7, 11) is 0. The van der Waals surface area contributed by atoms with Crippen LogP contribution in [0.15, 0.2) is 22.9 Å². The molecule has 2 N–H and O–H groups in total. The van der Waals surface area contributed by atoms with Gasteiger partial charge in [0.1, 0.15) is 0 Å². The predicted octanol–water partition coefficient (Wildman–Crippen LogP) is 1.97. The zero-order chi connectivity index (χ0) is 8.55. The number of hydrogen-bond acceptors (Lipinski definition) is 3. The van der Waals surface area contributed by atoms with Crippen molar-refractivity contribution in [2.45, 2.75) is 13.3 Å². The van der Waals surface area contributed by atoms with Gasteiger partial charge < -0.3 is 10.3 Å². The van der Waals surface area contributed by atoms with Crippen molar-refractivity contribution in [1.29, 1.82) is 0 Å². The monoisotopic (exact) mass is 162 g/mol. The predicted molar refractivity (Wildman–Crippen MR) is 47.8 cm³/mol. The molecule has 0 spiro atoms. The van der Waals surface area contributed by atoms with Crippen LogP contribution in [0.4, 0.5) is 5.69 Å². The molecule has 2 aromatic rings. The van der Waals surface area contributed by atoms with Gasteiger partial charge in [-0.15, -0.1) is 0 Å². The van der Waals surface area contributed by atoms with Gasteiger partial charge >= 0.3 is 0 Å². The highest BCUT2D eigenvalue weighted by atomic mass is 16.5. The molecule has 0 amide bonds. The van der Waals surface area contributed by atoms with Gasteiger partial charge in [-0.3, -0.25) is 0 Å². The highest BCUT2D eigenvalue weighted by Gasteiger charge is 2.04. The Bertz CT molecular complexity index is 406. The Morgan fingerprint density at radius 1 is 1.50 bits per heavy atom. The summed E-state index contributed by atoms with van der Waals surface area (Å²) in [4.78, 5) is 0. The Morgan fingerprint density at radius 3 is 3.08 bits per heavy atom. The van der Waals surface area contributed by atoms with E-state index in [1.165, 1.54) is 0 Å². The van der Waals surface area contributed by atoms with E-state index in [0.29, 0.717) is 0 Å². The lowest BCUT2D eigenvalue weighted by Crippen LogP contribution is -1.87. The molecule has 0 aliphatic heterocycles. The van der Waals surface area contributed by atoms with Crippen molar-refractivity contribution in [2.24, 2.45) is 0 Å². The third kappa shape index (κ3) is 0.942. The van der Waals surface area contributed by atoms with E-state index >= 15 is 0 Å². The number of nitrogens with zero attached hydrogens (tertiary/aromatic N) is 1. The van der Waals surface area contributed by atoms with Crippen molar-refractivity contribution in [3.8, 4) is 0 Å². The van der Waals surface area contributed by atoms with Crippen LogP contribution in [0.5, 0.6) is 0 Å². The van der Waals surface area contributed by atoms with Crippen LogP contribution in [0, 0.1) is 0 Å². The van der Waals surface area contributed by atoms with Crippen molar-refractivity contribution in [3.05, 3.63) is 23.9 Å². The van der Waals surface area contributed by atoms with E-state index in [2.05, 4.69) is 12.1 Å². The number of nitrogen functional groups attached to an aromatic ring is 1. The molecular weight excluding hydrogens is 152 g/mol. The number of aryl methyl sites for hydroxylation is 1. The summed E-state index contributed by atoms with van der Waals surface area (Å²) in [5.74, 6) is 0. The van der Waals surface area contributed by atoms with Gasteiger partial charge in [-0.2, -0.15) is 0 Å². The number of nitrogens with two attached hydrogens (primary N) is 1. The van der Waals surface area contributed by atoms with Crippen LogP contribution in [0.3, 0.4) is 0 Å². The molecule has 3 heteroatoms. The molecule has 0 atom stereocenters. The fraction of sp³-hybridized carbons (Fsp3) is 0.222. The molecule has 0 aliphatic rings. The number of aromatic nitrogens is 1. The SMILES string of the molecule is CCc1cc(N)cc2cnoc12. The van der Waals surface area contributed by atoms with Crippen molar-refractivity contribution in [3.63, 3.8) is 0 Å². The Labute approximate surface area is 70.1 Å². The molecule has 2 rings (SSSR count). The minimum absolute atomic E-state index is 0.766. The van der Waals surface area contributed by atoms with E-state index in [0.717, 1.165) is 28.6 Å². The maximum absolute atomic E-state index is 5.69. The van der Waals surface area contributed by atoms with E-state index in [1.807, 2.05) is 12.1 Å². The fourth-order valence-corrected chi connectivity index (χ4v) is 1.34. The molecule has 1 aromatic heterocycles. The van der Waals surface area contributed by atoms with Gasteiger partial charge in [0.15, 0.2) is 5.58 Å². The second kappa shape index (κ2) is 2.52. The molecule has 12 heavy (non-hydrogen) atoms. The average Bonchev–Trinajstić information content (AvgIpc) is 2.50. The quantitative estimate of drug-likeness (QED) is 0.652. The van der Waals surface area contributed by atoms with E-state index in [4.69, 9.17) is 10.3 Å². The molecule has 0 unspecified atom stereocenters. The first kappa shape index (κ1) is 7.16. The van der Waals surface area contributed by atoms with Crippen molar-refractivity contribution >= 4 is 16.7 Å². The fourth-order valence-electron chi connectivity index (χ4n) is 1.34. The number of rotatable bonds is 1. The summed E-state index contributed by atoms with van der Waals surface area (Å²) in [6.07, 6.45) is 2.60. The van der Waals surface area contributed by atoms with Gasteiger partial charge in [0.05, 0.1) is 6.20 Å². The van der Waals surface area contributed by atoms with Crippen LogP contribution in [0.25, 0.3) is 11.0 Å². The smallest absolute Gasteiger partial charge is 0.170 e.